The van der Waals surface area contributed by atoms with Gasteiger partial charge in [0, 0.05) is 17.0 Å². The Morgan fingerprint density at radius 2 is 2.44 bits per heavy atom. The van der Waals surface area contributed by atoms with Gasteiger partial charge in [0.2, 0.25) is 0 Å². The first-order chi connectivity index (χ1) is 7.72. The number of carbonyl (C=O) groups is 1. The fourth-order valence-electron chi connectivity index (χ4n) is 2.14. The minimum Gasteiger partial charge on any atom is -0.480 e. The Morgan fingerprint density at radius 1 is 1.69 bits per heavy atom. The smallest absolute Gasteiger partial charge is 0.317 e. The fourth-order valence-corrected chi connectivity index (χ4v) is 3.07. The van der Waals surface area contributed by atoms with E-state index in [0.717, 1.165) is 19.3 Å². The molecule has 1 aromatic rings. The van der Waals surface area contributed by atoms with Crippen LogP contribution >= 0.6 is 11.3 Å². The quantitative estimate of drug-likeness (QED) is 0.829. The highest BCUT2D eigenvalue weighted by Gasteiger charge is 2.35. The van der Waals surface area contributed by atoms with Crippen LogP contribution in [-0.2, 0) is 4.79 Å². The summed E-state index contributed by atoms with van der Waals surface area (Å²) in [7, 11) is 0. The van der Waals surface area contributed by atoms with E-state index in [1.165, 1.54) is 4.88 Å². The van der Waals surface area contributed by atoms with Gasteiger partial charge >= 0.3 is 5.97 Å². The third kappa shape index (κ3) is 2.62. The highest BCUT2D eigenvalue weighted by Crippen LogP contribution is 2.37. The van der Waals surface area contributed by atoms with Gasteiger partial charge in [-0.15, -0.1) is 11.3 Å². The summed E-state index contributed by atoms with van der Waals surface area (Å²) < 4.78 is 0. The zero-order chi connectivity index (χ0) is 11.5. The second kappa shape index (κ2) is 4.97. The van der Waals surface area contributed by atoms with Crippen molar-refractivity contribution in [3.05, 3.63) is 22.4 Å². The lowest BCUT2D eigenvalue weighted by molar-refractivity contribution is -0.139. The molecule has 0 amide bonds. The molecule has 88 valence electrons. The van der Waals surface area contributed by atoms with Gasteiger partial charge < -0.3 is 5.11 Å². The molecule has 1 aliphatic carbocycles. The maximum atomic E-state index is 10.9. The van der Waals surface area contributed by atoms with E-state index in [9.17, 15) is 4.79 Å². The predicted octanol–water partition coefficient (Wildman–Crippen LogP) is 2.75. The van der Waals surface area contributed by atoms with Crippen molar-refractivity contribution in [2.75, 3.05) is 6.54 Å². The molecule has 1 atom stereocenters. The Bertz CT molecular complexity index is 346. The number of thiophene rings is 1. The first-order valence-corrected chi connectivity index (χ1v) is 6.61. The van der Waals surface area contributed by atoms with Crippen molar-refractivity contribution >= 4 is 17.3 Å². The number of hydrogen-bond donors (Lipinski definition) is 1. The third-order valence-electron chi connectivity index (χ3n) is 2.99. The summed E-state index contributed by atoms with van der Waals surface area (Å²) >= 11 is 1.72. The molecule has 0 saturated heterocycles. The molecule has 2 rings (SSSR count). The van der Waals surface area contributed by atoms with E-state index >= 15 is 0 Å². The second-order valence-electron chi connectivity index (χ2n) is 4.24. The lowest BCUT2D eigenvalue weighted by Crippen LogP contribution is -2.35. The molecule has 1 unspecified atom stereocenters. The van der Waals surface area contributed by atoms with Crippen LogP contribution in [0.5, 0.6) is 0 Å². The van der Waals surface area contributed by atoms with E-state index in [1.807, 2.05) is 6.07 Å². The van der Waals surface area contributed by atoms with Gasteiger partial charge in [0.25, 0.3) is 0 Å². The average molecular weight is 239 g/mol. The molecule has 1 fully saturated rings. The van der Waals surface area contributed by atoms with Crippen molar-refractivity contribution < 1.29 is 9.90 Å². The van der Waals surface area contributed by atoms with E-state index in [0.29, 0.717) is 6.04 Å². The molecule has 1 aliphatic rings. The standard InChI is InChI=1S/C12H17NO2S/c1-2-10(11-4-3-7-16-11)13(8-12(14)15)9-5-6-9/h3-4,7,9-10H,2,5-6,8H2,1H3,(H,14,15). The normalized spacial score (nSPS) is 17.6. The van der Waals surface area contributed by atoms with Crippen LogP contribution in [0.25, 0.3) is 0 Å². The Kier molecular flexibility index (Phi) is 3.61. The zero-order valence-electron chi connectivity index (χ0n) is 9.43. The molecule has 1 heterocycles. The minimum absolute atomic E-state index is 0.168. The van der Waals surface area contributed by atoms with E-state index in [1.54, 1.807) is 11.3 Å². The first-order valence-electron chi connectivity index (χ1n) is 5.73. The summed E-state index contributed by atoms with van der Waals surface area (Å²) in [4.78, 5) is 14.3. The lowest BCUT2D eigenvalue weighted by Gasteiger charge is -2.28. The van der Waals surface area contributed by atoms with Gasteiger partial charge in [-0.05, 0) is 30.7 Å². The van der Waals surface area contributed by atoms with Crippen LogP contribution < -0.4 is 0 Å². The summed E-state index contributed by atoms with van der Waals surface area (Å²) in [6.45, 7) is 2.29. The number of nitrogens with zero attached hydrogens (tertiary/aromatic N) is 1. The molecule has 1 saturated carbocycles. The van der Waals surface area contributed by atoms with Crippen LogP contribution in [0.2, 0.25) is 0 Å². The van der Waals surface area contributed by atoms with Gasteiger partial charge in [0.1, 0.15) is 0 Å². The largest absolute Gasteiger partial charge is 0.480 e. The molecule has 1 aromatic heterocycles. The molecule has 3 nitrogen and oxygen atoms in total. The highest BCUT2D eigenvalue weighted by atomic mass is 32.1. The molecule has 16 heavy (non-hydrogen) atoms. The predicted molar refractivity (Wildman–Crippen MR) is 64.7 cm³/mol. The van der Waals surface area contributed by atoms with Crippen molar-refractivity contribution in [1.82, 2.24) is 4.90 Å². The van der Waals surface area contributed by atoms with Crippen molar-refractivity contribution in [3.8, 4) is 0 Å². The van der Waals surface area contributed by atoms with Crippen LogP contribution in [0.4, 0.5) is 0 Å². The minimum atomic E-state index is -0.720. The molecule has 1 N–H and O–H groups in total. The number of aliphatic carboxylic acids is 1. The van der Waals surface area contributed by atoms with Gasteiger partial charge in [-0.25, -0.2) is 0 Å². The lowest BCUT2D eigenvalue weighted by atomic mass is 10.1. The highest BCUT2D eigenvalue weighted by molar-refractivity contribution is 7.10. The Labute approximate surface area is 99.7 Å². The maximum Gasteiger partial charge on any atom is 0.317 e. The fraction of sp³-hybridized carbons (Fsp3) is 0.583. The second-order valence-corrected chi connectivity index (χ2v) is 5.22. The Morgan fingerprint density at radius 3 is 2.88 bits per heavy atom. The van der Waals surface area contributed by atoms with Crippen molar-refractivity contribution in [2.24, 2.45) is 0 Å². The summed E-state index contributed by atoms with van der Waals surface area (Å²) in [5.74, 6) is -0.720. The van der Waals surface area contributed by atoms with Gasteiger partial charge in [-0.3, -0.25) is 9.69 Å². The molecular formula is C12H17NO2S. The topological polar surface area (TPSA) is 40.5 Å². The van der Waals surface area contributed by atoms with Crippen LogP contribution in [0, 0.1) is 0 Å². The van der Waals surface area contributed by atoms with E-state index in [2.05, 4.69) is 23.3 Å². The van der Waals surface area contributed by atoms with Crippen molar-refractivity contribution in [2.45, 2.75) is 38.3 Å². The number of carboxylic acids is 1. The van der Waals surface area contributed by atoms with E-state index in [4.69, 9.17) is 5.11 Å². The summed E-state index contributed by atoms with van der Waals surface area (Å²) in [5.41, 5.74) is 0. The summed E-state index contributed by atoms with van der Waals surface area (Å²) in [6, 6.07) is 4.91. The molecule has 0 aliphatic heterocycles. The molecule has 0 spiro atoms. The Hall–Kier alpha value is -0.870. The number of rotatable bonds is 6. The summed E-state index contributed by atoms with van der Waals surface area (Å²) in [6.07, 6.45) is 3.27. The van der Waals surface area contributed by atoms with Crippen LogP contribution in [0.3, 0.4) is 0 Å². The SMILES string of the molecule is CCC(c1cccs1)N(CC(=O)O)C1CC1. The molecule has 0 bridgehead atoms. The van der Waals surface area contributed by atoms with Gasteiger partial charge in [-0.2, -0.15) is 0 Å². The monoisotopic (exact) mass is 239 g/mol. The molecule has 4 heteroatoms. The molecule has 0 aromatic carbocycles. The third-order valence-corrected chi connectivity index (χ3v) is 3.97. The average Bonchev–Trinajstić information content (AvgIpc) is 2.95. The van der Waals surface area contributed by atoms with Crippen LogP contribution in [-0.4, -0.2) is 28.6 Å². The number of carboxylic acid groups (broad SMARTS) is 1. The Balaban J connectivity index is 2.12. The van der Waals surface area contributed by atoms with Gasteiger partial charge in [0.05, 0.1) is 6.54 Å². The van der Waals surface area contributed by atoms with Crippen LogP contribution in [0.15, 0.2) is 17.5 Å². The number of hydrogen-bond acceptors (Lipinski definition) is 3. The van der Waals surface area contributed by atoms with Crippen molar-refractivity contribution in [3.63, 3.8) is 0 Å². The van der Waals surface area contributed by atoms with E-state index < -0.39 is 5.97 Å². The maximum absolute atomic E-state index is 10.9. The first kappa shape index (κ1) is 11.6. The van der Waals surface area contributed by atoms with Crippen LogP contribution in [0.1, 0.15) is 37.1 Å². The van der Waals surface area contributed by atoms with Crippen molar-refractivity contribution in [1.29, 1.82) is 0 Å². The molecular weight excluding hydrogens is 222 g/mol. The van der Waals surface area contributed by atoms with Gasteiger partial charge in [0.15, 0.2) is 0 Å². The zero-order valence-corrected chi connectivity index (χ0v) is 10.2. The van der Waals surface area contributed by atoms with E-state index in [-0.39, 0.29) is 12.6 Å². The summed E-state index contributed by atoms with van der Waals surface area (Å²) in [5, 5.41) is 11.0. The molecule has 0 radical (unpaired) electrons. The van der Waals surface area contributed by atoms with Gasteiger partial charge in [-0.1, -0.05) is 13.0 Å².